The highest BCUT2D eigenvalue weighted by molar-refractivity contribution is 7.85. The molecule has 0 aliphatic heterocycles. The predicted molar refractivity (Wildman–Crippen MR) is 178 cm³/mol. The van der Waals surface area contributed by atoms with Crippen molar-refractivity contribution in [3.8, 4) is 17.0 Å². The van der Waals surface area contributed by atoms with Gasteiger partial charge in [-0.1, -0.05) is 16.8 Å². The molecule has 3 atom stereocenters. The SMILES string of the molecule is CCOC(C)[n+]1cc(-c2ncn3nc(Nc4ccc(S(=O)c5cccc(C(C)OC)c5)cc4F)nc3c2OC(C)C)cn1C(C)(C)C. The molecule has 250 valence electrons. The van der Waals surface area contributed by atoms with Gasteiger partial charge in [-0.2, -0.15) is 14.2 Å². The second-order valence-corrected chi connectivity index (χ2v) is 13.9. The summed E-state index contributed by atoms with van der Waals surface area (Å²) in [7, 11) is 0.0284. The van der Waals surface area contributed by atoms with Gasteiger partial charge in [0, 0.05) is 23.8 Å². The van der Waals surface area contributed by atoms with E-state index in [0.717, 1.165) is 11.1 Å². The molecule has 11 nitrogen and oxygen atoms in total. The fourth-order valence-electron chi connectivity index (χ4n) is 5.12. The van der Waals surface area contributed by atoms with E-state index in [1.54, 1.807) is 25.6 Å². The van der Waals surface area contributed by atoms with Crippen LogP contribution in [0.4, 0.5) is 16.0 Å². The van der Waals surface area contributed by atoms with E-state index in [0.29, 0.717) is 33.5 Å². The van der Waals surface area contributed by atoms with Gasteiger partial charge in [0.25, 0.3) is 6.23 Å². The predicted octanol–water partition coefficient (Wildman–Crippen LogP) is 6.73. The average molecular weight is 665 g/mol. The Morgan fingerprint density at radius 1 is 1.09 bits per heavy atom. The van der Waals surface area contributed by atoms with Crippen LogP contribution >= 0.6 is 0 Å². The molecule has 0 spiro atoms. The molecule has 0 aliphatic rings. The lowest BCUT2D eigenvalue weighted by Gasteiger charge is -2.20. The smallest absolute Gasteiger partial charge is 0.283 e. The molecule has 13 heteroatoms. The summed E-state index contributed by atoms with van der Waals surface area (Å²) in [6.07, 6.45) is 5.02. The molecule has 3 heterocycles. The summed E-state index contributed by atoms with van der Waals surface area (Å²) in [6, 6.07) is 11.7. The minimum atomic E-state index is -1.59. The van der Waals surface area contributed by atoms with Gasteiger partial charge in [-0.25, -0.2) is 13.6 Å². The molecule has 0 amide bonds. The third-order valence-corrected chi connectivity index (χ3v) is 8.88. The molecule has 0 aliphatic carbocycles. The number of rotatable bonds is 12. The minimum Gasteiger partial charge on any atom is -0.485 e. The zero-order valence-corrected chi connectivity index (χ0v) is 29.1. The second-order valence-electron chi connectivity index (χ2n) is 12.4. The molecule has 5 aromatic rings. The summed E-state index contributed by atoms with van der Waals surface area (Å²) in [5.41, 5.74) is 2.61. The zero-order valence-electron chi connectivity index (χ0n) is 28.3. The molecule has 0 saturated heterocycles. The highest BCUT2D eigenvalue weighted by atomic mass is 32.2. The van der Waals surface area contributed by atoms with E-state index in [9.17, 15) is 4.21 Å². The van der Waals surface area contributed by atoms with Crippen LogP contribution in [-0.4, -0.2) is 48.3 Å². The van der Waals surface area contributed by atoms with Gasteiger partial charge < -0.3 is 19.5 Å². The number of benzene rings is 2. The number of methoxy groups -OCH3 is 1. The van der Waals surface area contributed by atoms with Crippen LogP contribution in [0.5, 0.6) is 5.75 Å². The number of ether oxygens (including phenoxy) is 3. The Bertz CT molecular complexity index is 1900. The number of halogens is 1. The number of aromatic nitrogens is 6. The number of hydrogen-bond donors (Lipinski definition) is 1. The van der Waals surface area contributed by atoms with Crippen LogP contribution in [0.2, 0.25) is 0 Å². The summed E-state index contributed by atoms with van der Waals surface area (Å²) in [5.74, 6) is 0.00511. The lowest BCUT2D eigenvalue weighted by atomic mass is 10.1. The molecule has 5 rings (SSSR count). The lowest BCUT2D eigenvalue weighted by molar-refractivity contribution is -0.831. The quantitative estimate of drug-likeness (QED) is 0.146. The average Bonchev–Trinajstić information content (AvgIpc) is 3.67. The monoisotopic (exact) mass is 664 g/mol. The normalized spacial score (nSPS) is 14.0. The standard InChI is InChI=1S/C34H43FN7O4S/c1-10-45-23(5)41-18-25(19-42(41)34(6,7)8)30-31(46-21(2)3)32-38-33(39-40(32)20-36-30)37-29-15-14-27(17-28(29)35)47(43)26-13-11-12-24(16-26)22(4)44-9/h11-23H,10H2,1-9H3,(H,37,39)/q+1. The van der Waals surface area contributed by atoms with E-state index in [1.165, 1.54) is 16.6 Å². The van der Waals surface area contributed by atoms with Gasteiger partial charge in [-0.3, -0.25) is 0 Å². The van der Waals surface area contributed by atoms with Gasteiger partial charge in [0.2, 0.25) is 17.8 Å². The Kier molecular flexibility index (Phi) is 10.1. The largest absolute Gasteiger partial charge is 0.485 e. The number of nitrogens with zero attached hydrogens (tertiary/aromatic N) is 6. The fraction of sp³-hybridized carbons (Fsp3) is 0.412. The van der Waals surface area contributed by atoms with Crippen molar-refractivity contribution in [1.29, 1.82) is 0 Å². The Morgan fingerprint density at radius 3 is 2.49 bits per heavy atom. The summed E-state index contributed by atoms with van der Waals surface area (Å²) in [4.78, 5) is 10.3. The van der Waals surface area contributed by atoms with Crippen LogP contribution in [-0.2, 0) is 25.8 Å². The van der Waals surface area contributed by atoms with Gasteiger partial charge in [-0.15, -0.1) is 5.10 Å². The topological polar surface area (TPSA) is 109 Å². The molecule has 3 aromatic heterocycles. The van der Waals surface area contributed by atoms with Crippen molar-refractivity contribution >= 4 is 28.1 Å². The first-order chi connectivity index (χ1) is 22.3. The van der Waals surface area contributed by atoms with Crippen molar-refractivity contribution in [2.75, 3.05) is 19.0 Å². The summed E-state index contributed by atoms with van der Waals surface area (Å²) in [5, 5.41) is 7.45. The van der Waals surface area contributed by atoms with Crippen molar-refractivity contribution in [2.45, 2.75) is 89.2 Å². The second kappa shape index (κ2) is 13.9. The molecule has 0 radical (unpaired) electrons. The highest BCUT2D eigenvalue weighted by Crippen LogP contribution is 2.34. The number of fused-ring (bicyclic) bond motifs is 1. The van der Waals surface area contributed by atoms with Crippen LogP contribution in [0.15, 0.2) is 71.0 Å². The van der Waals surface area contributed by atoms with Gasteiger partial charge in [0.05, 0.1) is 52.6 Å². The molecule has 0 saturated carbocycles. The summed E-state index contributed by atoms with van der Waals surface area (Å²) in [6.45, 7) is 16.7. The Hall–Kier alpha value is -4.20. The molecule has 2 aromatic carbocycles. The number of hydrogen-bond acceptors (Lipinski definition) is 8. The first kappa shape index (κ1) is 34.1. The maximum atomic E-state index is 15.4. The maximum absolute atomic E-state index is 15.4. The first-order valence-corrected chi connectivity index (χ1v) is 16.7. The number of anilines is 2. The van der Waals surface area contributed by atoms with Gasteiger partial charge in [-0.05, 0) is 84.4 Å². The van der Waals surface area contributed by atoms with Crippen LogP contribution in [0, 0.1) is 5.82 Å². The molecule has 47 heavy (non-hydrogen) atoms. The molecular weight excluding hydrogens is 621 g/mol. The van der Waals surface area contributed by atoms with Crippen LogP contribution in [0.25, 0.3) is 16.9 Å². The molecule has 1 N–H and O–H groups in total. The third-order valence-electron chi connectivity index (χ3n) is 7.52. The van der Waals surface area contributed by atoms with Crippen molar-refractivity contribution in [3.63, 3.8) is 0 Å². The zero-order chi connectivity index (χ0) is 34.0. The number of nitrogens with one attached hydrogen (secondary N) is 1. The molecular formula is C34H43FN7O4S+. The van der Waals surface area contributed by atoms with Gasteiger partial charge >= 0.3 is 0 Å². The van der Waals surface area contributed by atoms with Crippen molar-refractivity contribution in [3.05, 3.63) is 72.6 Å². The van der Waals surface area contributed by atoms with E-state index in [4.69, 9.17) is 19.2 Å². The van der Waals surface area contributed by atoms with E-state index in [-0.39, 0.29) is 35.6 Å². The Balaban J connectivity index is 1.48. The fourth-order valence-corrected chi connectivity index (χ4v) is 6.24. The van der Waals surface area contributed by atoms with Crippen LogP contribution in [0.3, 0.4) is 0 Å². The van der Waals surface area contributed by atoms with Crippen molar-refractivity contribution < 1.29 is 27.5 Å². The van der Waals surface area contributed by atoms with E-state index in [2.05, 4.69) is 40.9 Å². The van der Waals surface area contributed by atoms with E-state index in [1.807, 2.05) is 69.9 Å². The molecule has 0 fully saturated rings. The van der Waals surface area contributed by atoms with Crippen molar-refractivity contribution in [2.24, 2.45) is 0 Å². The first-order valence-electron chi connectivity index (χ1n) is 15.6. The summed E-state index contributed by atoms with van der Waals surface area (Å²) < 4.78 is 51.9. The highest BCUT2D eigenvalue weighted by Gasteiger charge is 2.31. The molecule has 3 unspecified atom stereocenters. The van der Waals surface area contributed by atoms with E-state index >= 15 is 4.39 Å². The lowest BCUT2D eigenvalue weighted by Crippen LogP contribution is -2.51. The van der Waals surface area contributed by atoms with Gasteiger partial charge in [0.1, 0.15) is 17.8 Å². The van der Waals surface area contributed by atoms with Crippen LogP contribution < -0.4 is 14.7 Å². The van der Waals surface area contributed by atoms with Crippen molar-refractivity contribution in [1.82, 2.24) is 24.3 Å². The Labute approximate surface area is 277 Å². The molecule has 0 bridgehead atoms. The minimum absolute atomic E-state index is 0.135. The maximum Gasteiger partial charge on any atom is 0.283 e. The van der Waals surface area contributed by atoms with Crippen LogP contribution in [0.1, 0.15) is 73.3 Å². The van der Waals surface area contributed by atoms with E-state index < -0.39 is 16.6 Å². The van der Waals surface area contributed by atoms with Gasteiger partial charge in [0.15, 0.2) is 5.75 Å². The Morgan fingerprint density at radius 2 is 1.83 bits per heavy atom. The third kappa shape index (κ3) is 7.37. The summed E-state index contributed by atoms with van der Waals surface area (Å²) >= 11 is 0.